The SMILES string of the molecule is Cc1cc(S(=O)(=O)NC2CCCCC2)ccc1OCC(=O)Nc1c(C)cc(Br)cc1C. The Labute approximate surface area is 193 Å². The molecule has 0 saturated heterocycles. The first-order chi connectivity index (χ1) is 14.7. The van der Waals surface area contributed by atoms with Crippen LogP contribution in [0.15, 0.2) is 39.7 Å². The Morgan fingerprint density at radius 3 is 2.29 bits per heavy atom. The van der Waals surface area contributed by atoms with Crippen LogP contribution in [-0.2, 0) is 14.8 Å². The van der Waals surface area contributed by atoms with Gasteiger partial charge < -0.3 is 10.1 Å². The van der Waals surface area contributed by atoms with Crippen LogP contribution in [0.3, 0.4) is 0 Å². The van der Waals surface area contributed by atoms with Crippen molar-refractivity contribution in [3.05, 3.63) is 51.5 Å². The first kappa shape index (κ1) is 23.8. The first-order valence-electron chi connectivity index (χ1n) is 10.5. The van der Waals surface area contributed by atoms with E-state index in [4.69, 9.17) is 4.74 Å². The highest BCUT2D eigenvalue weighted by Crippen LogP contribution is 2.26. The van der Waals surface area contributed by atoms with Crippen molar-refractivity contribution in [3.63, 3.8) is 0 Å². The summed E-state index contributed by atoms with van der Waals surface area (Å²) in [5, 5.41) is 2.89. The summed E-state index contributed by atoms with van der Waals surface area (Å²) in [5.41, 5.74) is 3.34. The fourth-order valence-corrected chi connectivity index (χ4v) is 5.96. The molecule has 31 heavy (non-hydrogen) atoms. The largest absolute Gasteiger partial charge is 0.483 e. The molecular weight excluding hydrogens is 480 g/mol. The van der Waals surface area contributed by atoms with E-state index in [9.17, 15) is 13.2 Å². The molecule has 2 aromatic rings. The third-order valence-electron chi connectivity index (χ3n) is 5.50. The van der Waals surface area contributed by atoms with Gasteiger partial charge in [-0.25, -0.2) is 13.1 Å². The molecule has 0 aliphatic heterocycles. The van der Waals surface area contributed by atoms with Crippen molar-refractivity contribution in [1.82, 2.24) is 4.72 Å². The second kappa shape index (κ2) is 10.1. The monoisotopic (exact) mass is 508 g/mol. The fraction of sp³-hybridized carbons (Fsp3) is 0.435. The maximum atomic E-state index is 12.7. The van der Waals surface area contributed by atoms with E-state index >= 15 is 0 Å². The quantitative estimate of drug-likeness (QED) is 0.550. The normalized spacial score (nSPS) is 15.0. The molecule has 8 heteroatoms. The summed E-state index contributed by atoms with van der Waals surface area (Å²) in [5.74, 6) is 0.208. The number of aryl methyl sites for hydroxylation is 3. The molecule has 2 aromatic carbocycles. The number of hydrogen-bond donors (Lipinski definition) is 2. The van der Waals surface area contributed by atoms with E-state index in [2.05, 4.69) is 26.0 Å². The third kappa shape index (κ3) is 6.30. The average Bonchev–Trinajstić information content (AvgIpc) is 2.70. The molecule has 0 aromatic heterocycles. The molecule has 2 N–H and O–H groups in total. The lowest BCUT2D eigenvalue weighted by molar-refractivity contribution is -0.118. The van der Waals surface area contributed by atoms with Gasteiger partial charge in [0.05, 0.1) is 4.90 Å². The second-order valence-corrected chi connectivity index (χ2v) is 10.8. The fourth-order valence-electron chi connectivity index (χ4n) is 3.89. The Morgan fingerprint density at radius 2 is 1.68 bits per heavy atom. The lowest BCUT2D eigenvalue weighted by Crippen LogP contribution is -2.36. The summed E-state index contributed by atoms with van der Waals surface area (Å²) in [6.45, 7) is 5.47. The van der Waals surface area contributed by atoms with Gasteiger partial charge in [-0.15, -0.1) is 0 Å². The standard InChI is InChI=1S/C23H29BrN2O4S/c1-15-13-20(31(28,29)26-19-7-5-4-6-8-19)9-10-21(15)30-14-22(27)25-23-16(2)11-18(24)12-17(23)3/h9-13,19,26H,4-8,14H2,1-3H3,(H,25,27). The highest BCUT2D eigenvalue weighted by atomic mass is 79.9. The smallest absolute Gasteiger partial charge is 0.262 e. The molecular formula is C23H29BrN2O4S. The molecule has 1 saturated carbocycles. The molecule has 1 aliphatic carbocycles. The number of benzene rings is 2. The van der Waals surface area contributed by atoms with Crippen molar-refractivity contribution in [2.24, 2.45) is 0 Å². The van der Waals surface area contributed by atoms with Crippen LogP contribution in [0.4, 0.5) is 5.69 Å². The van der Waals surface area contributed by atoms with Crippen LogP contribution in [0.25, 0.3) is 0 Å². The number of nitrogens with one attached hydrogen (secondary N) is 2. The zero-order chi connectivity index (χ0) is 22.6. The van der Waals surface area contributed by atoms with Gasteiger partial charge in [-0.1, -0.05) is 35.2 Å². The molecule has 6 nitrogen and oxygen atoms in total. The number of ether oxygens (including phenoxy) is 1. The van der Waals surface area contributed by atoms with Gasteiger partial charge in [-0.05, 0) is 80.6 Å². The van der Waals surface area contributed by atoms with E-state index in [1.165, 1.54) is 6.07 Å². The minimum atomic E-state index is -3.57. The summed E-state index contributed by atoms with van der Waals surface area (Å²) in [6, 6.07) is 8.59. The molecule has 168 valence electrons. The first-order valence-corrected chi connectivity index (χ1v) is 12.8. The lowest BCUT2D eigenvalue weighted by Gasteiger charge is -2.22. The molecule has 0 unspecified atom stereocenters. The average molecular weight is 509 g/mol. The van der Waals surface area contributed by atoms with Gasteiger partial charge in [-0.2, -0.15) is 0 Å². The van der Waals surface area contributed by atoms with Crippen molar-refractivity contribution >= 4 is 37.5 Å². The zero-order valence-corrected chi connectivity index (χ0v) is 20.5. The maximum absolute atomic E-state index is 12.7. The van der Waals surface area contributed by atoms with Gasteiger partial charge in [0.1, 0.15) is 5.75 Å². The predicted octanol–water partition coefficient (Wildman–Crippen LogP) is 5.00. The highest BCUT2D eigenvalue weighted by Gasteiger charge is 2.22. The summed E-state index contributed by atoms with van der Waals surface area (Å²) >= 11 is 3.45. The van der Waals surface area contributed by atoms with E-state index in [-0.39, 0.29) is 23.5 Å². The van der Waals surface area contributed by atoms with Gasteiger partial charge in [0, 0.05) is 16.2 Å². The molecule has 3 rings (SSSR count). The Morgan fingerprint density at radius 1 is 1.03 bits per heavy atom. The highest BCUT2D eigenvalue weighted by molar-refractivity contribution is 9.10. The molecule has 0 atom stereocenters. The topological polar surface area (TPSA) is 84.5 Å². The van der Waals surface area contributed by atoms with E-state index in [0.717, 1.165) is 53.4 Å². The van der Waals surface area contributed by atoms with Crippen LogP contribution >= 0.6 is 15.9 Å². The molecule has 1 aliphatic rings. The summed E-state index contributed by atoms with van der Waals surface area (Å²) < 4.78 is 34.8. The number of carbonyl (C=O) groups is 1. The number of sulfonamides is 1. The Kier molecular flexibility index (Phi) is 7.78. The van der Waals surface area contributed by atoms with E-state index in [0.29, 0.717) is 11.3 Å². The lowest BCUT2D eigenvalue weighted by atomic mass is 9.96. The van der Waals surface area contributed by atoms with Crippen molar-refractivity contribution in [2.45, 2.75) is 63.8 Å². The van der Waals surface area contributed by atoms with Crippen LogP contribution in [0.1, 0.15) is 48.8 Å². The van der Waals surface area contributed by atoms with Gasteiger partial charge in [-0.3, -0.25) is 4.79 Å². The zero-order valence-electron chi connectivity index (χ0n) is 18.1. The van der Waals surface area contributed by atoms with Crippen LogP contribution in [0.5, 0.6) is 5.75 Å². The summed E-state index contributed by atoms with van der Waals surface area (Å²) in [7, 11) is -3.57. The van der Waals surface area contributed by atoms with Crippen molar-refractivity contribution in [3.8, 4) is 5.75 Å². The number of halogens is 1. The van der Waals surface area contributed by atoms with Gasteiger partial charge >= 0.3 is 0 Å². The molecule has 0 radical (unpaired) electrons. The number of carbonyl (C=O) groups excluding carboxylic acids is 1. The molecule has 0 bridgehead atoms. The third-order valence-corrected chi connectivity index (χ3v) is 7.48. The van der Waals surface area contributed by atoms with Gasteiger partial charge in [0.2, 0.25) is 10.0 Å². The number of anilines is 1. The van der Waals surface area contributed by atoms with Crippen LogP contribution in [0.2, 0.25) is 0 Å². The number of amides is 1. The van der Waals surface area contributed by atoms with E-state index in [1.54, 1.807) is 19.1 Å². The van der Waals surface area contributed by atoms with Gasteiger partial charge in [0.25, 0.3) is 5.91 Å². The number of rotatable bonds is 7. The minimum Gasteiger partial charge on any atom is -0.483 e. The molecule has 1 fully saturated rings. The predicted molar refractivity (Wildman–Crippen MR) is 126 cm³/mol. The van der Waals surface area contributed by atoms with Crippen LogP contribution in [-0.4, -0.2) is 27.0 Å². The van der Waals surface area contributed by atoms with Crippen LogP contribution < -0.4 is 14.8 Å². The molecule has 1 amide bonds. The Hall–Kier alpha value is -1.90. The molecule has 0 heterocycles. The van der Waals surface area contributed by atoms with Crippen molar-refractivity contribution < 1.29 is 17.9 Å². The number of hydrogen-bond acceptors (Lipinski definition) is 4. The summed E-state index contributed by atoms with van der Waals surface area (Å²) in [6.07, 6.45) is 5.04. The van der Waals surface area contributed by atoms with E-state index in [1.807, 2.05) is 26.0 Å². The molecule has 0 spiro atoms. The van der Waals surface area contributed by atoms with Crippen molar-refractivity contribution in [1.29, 1.82) is 0 Å². The Bertz CT molecular complexity index is 1040. The Balaban J connectivity index is 1.62. The second-order valence-electron chi connectivity index (χ2n) is 8.13. The van der Waals surface area contributed by atoms with Crippen molar-refractivity contribution in [2.75, 3.05) is 11.9 Å². The minimum absolute atomic E-state index is 0.00389. The summed E-state index contributed by atoms with van der Waals surface area (Å²) in [4.78, 5) is 12.6. The van der Waals surface area contributed by atoms with E-state index < -0.39 is 10.0 Å². The van der Waals surface area contributed by atoms with Gasteiger partial charge in [0.15, 0.2) is 6.61 Å². The van der Waals surface area contributed by atoms with Crippen LogP contribution in [0, 0.1) is 20.8 Å². The maximum Gasteiger partial charge on any atom is 0.262 e.